The average molecular weight is 341 g/mol. The monoisotopic (exact) mass is 340 g/mol. The van der Waals surface area contributed by atoms with E-state index < -0.39 is 0 Å². The molecule has 24 heavy (non-hydrogen) atoms. The van der Waals surface area contributed by atoms with Crippen LogP contribution in [0, 0.1) is 0 Å². The SMILES string of the molecule is CCN(CC)CCOC1CCN(CCC(=O)N2CCNCC2)CC1. The minimum absolute atomic E-state index is 0.314. The van der Waals surface area contributed by atoms with Crippen LogP contribution >= 0.6 is 0 Å². The van der Waals surface area contributed by atoms with E-state index >= 15 is 0 Å². The molecule has 2 heterocycles. The fourth-order valence-electron chi connectivity index (χ4n) is 3.51. The lowest BCUT2D eigenvalue weighted by atomic mass is 10.1. The van der Waals surface area contributed by atoms with Gasteiger partial charge in [0.25, 0.3) is 0 Å². The van der Waals surface area contributed by atoms with E-state index in [1.807, 2.05) is 4.90 Å². The van der Waals surface area contributed by atoms with Gasteiger partial charge in [-0.1, -0.05) is 13.8 Å². The highest BCUT2D eigenvalue weighted by atomic mass is 16.5. The normalized spacial score (nSPS) is 20.7. The first-order valence-corrected chi connectivity index (χ1v) is 9.77. The molecule has 2 aliphatic rings. The van der Waals surface area contributed by atoms with Crippen LogP contribution in [-0.2, 0) is 9.53 Å². The molecule has 0 atom stereocenters. The van der Waals surface area contributed by atoms with Crippen LogP contribution < -0.4 is 5.32 Å². The predicted molar refractivity (Wildman–Crippen MR) is 97.3 cm³/mol. The summed E-state index contributed by atoms with van der Waals surface area (Å²) in [7, 11) is 0. The summed E-state index contributed by atoms with van der Waals surface area (Å²) in [6, 6.07) is 0. The summed E-state index contributed by atoms with van der Waals surface area (Å²) in [4.78, 5) is 19.0. The number of nitrogens with one attached hydrogen (secondary N) is 1. The third-order valence-electron chi connectivity index (χ3n) is 5.30. The number of hydrogen-bond donors (Lipinski definition) is 1. The zero-order valence-electron chi connectivity index (χ0n) is 15.6. The molecule has 0 aliphatic carbocycles. The number of ether oxygens (including phenoxy) is 1. The maximum atomic E-state index is 12.2. The number of carbonyl (C=O) groups is 1. The van der Waals surface area contributed by atoms with Crippen molar-refractivity contribution >= 4 is 5.91 Å². The number of nitrogens with zero attached hydrogens (tertiary/aromatic N) is 3. The van der Waals surface area contributed by atoms with Gasteiger partial charge in [-0.3, -0.25) is 4.79 Å². The van der Waals surface area contributed by atoms with E-state index in [2.05, 4.69) is 29.0 Å². The molecular formula is C18H36N4O2. The Morgan fingerprint density at radius 1 is 1.12 bits per heavy atom. The van der Waals surface area contributed by atoms with Gasteiger partial charge in [0.15, 0.2) is 0 Å². The Morgan fingerprint density at radius 2 is 1.79 bits per heavy atom. The summed E-state index contributed by atoms with van der Waals surface area (Å²) in [5.41, 5.74) is 0. The molecule has 140 valence electrons. The van der Waals surface area contributed by atoms with E-state index in [0.29, 0.717) is 18.4 Å². The van der Waals surface area contributed by atoms with E-state index in [1.165, 1.54) is 0 Å². The van der Waals surface area contributed by atoms with Gasteiger partial charge in [-0.15, -0.1) is 0 Å². The molecule has 0 spiro atoms. The number of likely N-dealkylation sites (tertiary alicyclic amines) is 1. The van der Waals surface area contributed by atoms with Gasteiger partial charge in [-0.2, -0.15) is 0 Å². The molecular weight excluding hydrogens is 304 g/mol. The van der Waals surface area contributed by atoms with E-state index in [9.17, 15) is 4.79 Å². The first-order valence-electron chi connectivity index (χ1n) is 9.77. The van der Waals surface area contributed by atoms with Gasteiger partial charge in [0, 0.05) is 58.8 Å². The van der Waals surface area contributed by atoms with Crippen molar-refractivity contribution in [1.29, 1.82) is 0 Å². The van der Waals surface area contributed by atoms with E-state index in [0.717, 1.165) is 84.9 Å². The third kappa shape index (κ3) is 6.67. The van der Waals surface area contributed by atoms with Crippen LogP contribution in [0.3, 0.4) is 0 Å². The molecule has 2 aliphatic heterocycles. The molecule has 0 unspecified atom stereocenters. The molecule has 2 fully saturated rings. The maximum Gasteiger partial charge on any atom is 0.223 e. The van der Waals surface area contributed by atoms with Gasteiger partial charge < -0.3 is 24.8 Å². The molecule has 0 aromatic heterocycles. The smallest absolute Gasteiger partial charge is 0.223 e. The van der Waals surface area contributed by atoms with Gasteiger partial charge in [-0.05, 0) is 25.9 Å². The number of hydrogen-bond acceptors (Lipinski definition) is 5. The first kappa shape index (κ1) is 19.6. The minimum Gasteiger partial charge on any atom is -0.377 e. The molecule has 6 heteroatoms. The van der Waals surface area contributed by atoms with Crippen molar-refractivity contribution in [3.63, 3.8) is 0 Å². The number of amides is 1. The summed E-state index contributed by atoms with van der Waals surface area (Å²) >= 11 is 0. The summed E-state index contributed by atoms with van der Waals surface area (Å²) in [5.74, 6) is 0.314. The van der Waals surface area contributed by atoms with Gasteiger partial charge in [0.05, 0.1) is 12.7 Å². The van der Waals surface area contributed by atoms with E-state index in [1.54, 1.807) is 0 Å². The molecule has 0 aromatic carbocycles. The predicted octanol–water partition coefficient (Wildman–Crippen LogP) is 0.631. The average Bonchev–Trinajstić information content (AvgIpc) is 2.65. The van der Waals surface area contributed by atoms with Crippen LogP contribution in [0.4, 0.5) is 0 Å². The fourth-order valence-corrected chi connectivity index (χ4v) is 3.51. The third-order valence-corrected chi connectivity index (χ3v) is 5.30. The summed E-state index contributed by atoms with van der Waals surface area (Å²) < 4.78 is 6.04. The van der Waals surface area contributed by atoms with Crippen LogP contribution in [0.15, 0.2) is 0 Å². The van der Waals surface area contributed by atoms with Crippen LogP contribution in [0.2, 0.25) is 0 Å². The lowest BCUT2D eigenvalue weighted by Crippen LogP contribution is -2.47. The maximum absolute atomic E-state index is 12.2. The lowest BCUT2D eigenvalue weighted by molar-refractivity contribution is -0.132. The van der Waals surface area contributed by atoms with Gasteiger partial charge in [0.2, 0.25) is 5.91 Å². The van der Waals surface area contributed by atoms with E-state index in [-0.39, 0.29) is 0 Å². The zero-order valence-corrected chi connectivity index (χ0v) is 15.6. The van der Waals surface area contributed by atoms with E-state index in [4.69, 9.17) is 4.74 Å². The summed E-state index contributed by atoms with van der Waals surface area (Å²) in [6.07, 6.45) is 3.26. The van der Waals surface area contributed by atoms with Crippen molar-refractivity contribution in [2.45, 2.75) is 39.2 Å². The Kier molecular flexibility index (Phi) is 9.02. The number of rotatable bonds is 9. The zero-order chi connectivity index (χ0) is 17.2. The first-order chi connectivity index (χ1) is 11.7. The number of piperazine rings is 1. The van der Waals surface area contributed by atoms with Crippen molar-refractivity contribution in [3.8, 4) is 0 Å². The Hall–Kier alpha value is -0.690. The number of likely N-dealkylation sites (N-methyl/N-ethyl adjacent to an activating group) is 1. The second kappa shape index (κ2) is 11.0. The molecule has 2 rings (SSSR count). The summed E-state index contributed by atoms with van der Waals surface area (Å²) in [5, 5.41) is 3.29. The van der Waals surface area contributed by atoms with Crippen LogP contribution in [0.5, 0.6) is 0 Å². The Labute approximate surface area is 147 Å². The van der Waals surface area contributed by atoms with Crippen molar-refractivity contribution in [2.24, 2.45) is 0 Å². The van der Waals surface area contributed by atoms with Crippen molar-refractivity contribution < 1.29 is 9.53 Å². The Bertz CT molecular complexity index is 349. The number of piperidine rings is 1. The van der Waals surface area contributed by atoms with Gasteiger partial charge in [-0.25, -0.2) is 0 Å². The molecule has 0 saturated carbocycles. The van der Waals surface area contributed by atoms with Crippen LogP contribution in [-0.4, -0.2) is 98.8 Å². The molecule has 0 bridgehead atoms. The van der Waals surface area contributed by atoms with Gasteiger partial charge in [0.1, 0.15) is 0 Å². The fraction of sp³-hybridized carbons (Fsp3) is 0.944. The van der Waals surface area contributed by atoms with Crippen molar-refractivity contribution in [1.82, 2.24) is 20.0 Å². The van der Waals surface area contributed by atoms with Crippen molar-refractivity contribution in [3.05, 3.63) is 0 Å². The molecule has 0 radical (unpaired) electrons. The highest BCUT2D eigenvalue weighted by Crippen LogP contribution is 2.14. The summed E-state index contributed by atoms with van der Waals surface area (Å²) in [6.45, 7) is 15.1. The highest BCUT2D eigenvalue weighted by Gasteiger charge is 2.22. The Morgan fingerprint density at radius 3 is 2.42 bits per heavy atom. The van der Waals surface area contributed by atoms with Crippen molar-refractivity contribution in [2.75, 3.05) is 72.1 Å². The quantitative estimate of drug-likeness (QED) is 0.667. The van der Waals surface area contributed by atoms with Gasteiger partial charge >= 0.3 is 0 Å². The molecule has 2 saturated heterocycles. The molecule has 1 amide bonds. The number of carbonyl (C=O) groups excluding carboxylic acids is 1. The minimum atomic E-state index is 0.314. The highest BCUT2D eigenvalue weighted by molar-refractivity contribution is 5.76. The molecule has 0 aromatic rings. The molecule has 1 N–H and O–H groups in total. The standard InChI is InChI=1S/C18H36N4O2/c1-3-20(4-2)15-16-24-17-5-10-21(11-6-17)12-7-18(23)22-13-8-19-9-14-22/h17,19H,3-16H2,1-2H3. The largest absolute Gasteiger partial charge is 0.377 e. The second-order valence-corrected chi connectivity index (χ2v) is 6.82. The van der Waals surface area contributed by atoms with Crippen LogP contribution in [0.25, 0.3) is 0 Å². The lowest BCUT2D eigenvalue weighted by Gasteiger charge is -2.33. The molecule has 6 nitrogen and oxygen atoms in total. The topological polar surface area (TPSA) is 48.1 Å². The van der Waals surface area contributed by atoms with Crippen LogP contribution in [0.1, 0.15) is 33.1 Å². The second-order valence-electron chi connectivity index (χ2n) is 6.82. The Balaban J connectivity index is 1.55.